The number of benzene rings is 1. The lowest BCUT2D eigenvalue weighted by Gasteiger charge is -2.26. The first-order valence-corrected chi connectivity index (χ1v) is 10.4. The summed E-state index contributed by atoms with van der Waals surface area (Å²) in [5, 5.41) is 7.70. The topological polar surface area (TPSA) is 79.1 Å². The van der Waals surface area contributed by atoms with E-state index in [-0.39, 0.29) is 0 Å². The van der Waals surface area contributed by atoms with Crippen molar-refractivity contribution >= 4 is 11.0 Å². The first kappa shape index (κ1) is 19.7. The first-order chi connectivity index (χ1) is 14.3. The van der Waals surface area contributed by atoms with Gasteiger partial charge >= 0.3 is 0 Å². The number of H-pyrrole nitrogens is 2. The second-order valence-corrected chi connectivity index (χ2v) is 7.22. The molecule has 0 bridgehead atoms. The Morgan fingerprint density at radius 1 is 1.28 bits per heavy atom. The highest BCUT2D eigenvalue weighted by Crippen LogP contribution is 2.27. The Morgan fingerprint density at radius 2 is 2.14 bits per heavy atom. The highest BCUT2D eigenvalue weighted by molar-refractivity contribution is 5.80. The van der Waals surface area contributed by atoms with Gasteiger partial charge in [-0.2, -0.15) is 5.10 Å². The molecule has 0 spiro atoms. The number of rotatable bonds is 8. The molecule has 1 aromatic carbocycles. The maximum absolute atomic E-state index is 5.97. The lowest BCUT2D eigenvalue weighted by molar-refractivity contribution is 0.0322. The molecule has 0 unspecified atom stereocenters. The number of hydrogen-bond acceptors (Lipinski definition) is 5. The Labute approximate surface area is 171 Å². The fraction of sp³-hybridized carbons (Fsp3) is 0.455. The fourth-order valence-electron chi connectivity index (χ4n) is 3.69. The van der Waals surface area contributed by atoms with Crippen LogP contribution in [-0.2, 0) is 17.6 Å². The largest absolute Gasteiger partial charge is 0.492 e. The minimum absolute atomic E-state index is 0.667. The third-order valence-electron chi connectivity index (χ3n) is 5.32. The van der Waals surface area contributed by atoms with Crippen LogP contribution in [0.5, 0.6) is 5.75 Å². The van der Waals surface area contributed by atoms with Gasteiger partial charge in [-0.1, -0.05) is 19.1 Å². The summed E-state index contributed by atoms with van der Waals surface area (Å²) in [6.07, 6.45) is 5.96. The van der Waals surface area contributed by atoms with Crippen LogP contribution in [0.3, 0.4) is 0 Å². The molecule has 3 heterocycles. The van der Waals surface area contributed by atoms with E-state index in [1.54, 1.807) is 0 Å². The van der Waals surface area contributed by atoms with Gasteiger partial charge in [0.1, 0.15) is 18.1 Å². The van der Waals surface area contributed by atoms with Crippen molar-refractivity contribution in [2.75, 3.05) is 39.5 Å². The molecular weight excluding hydrogens is 366 g/mol. The fourth-order valence-corrected chi connectivity index (χ4v) is 3.69. The van der Waals surface area contributed by atoms with Crippen LogP contribution in [0.1, 0.15) is 25.1 Å². The first-order valence-electron chi connectivity index (χ1n) is 10.4. The van der Waals surface area contributed by atoms with Crippen LogP contribution in [0.15, 0.2) is 30.4 Å². The second kappa shape index (κ2) is 9.24. The monoisotopic (exact) mass is 395 g/mol. The van der Waals surface area contributed by atoms with Gasteiger partial charge in [-0.3, -0.25) is 10.00 Å². The lowest BCUT2D eigenvalue weighted by atomic mass is 10.1. The minimum atomic E-state index is 0.667. The van der Waals surface area contributed by atoms with Crippen molar-refractivity contribution in [2.45, 2.75) is 26.7 Å². The number of allylic oxidation sites excluding steroid dienone is 2. The van der Waals surface area contributed by atoms with Gasteiger partial charge in [0.15, 0.2) is 5.82 Å². The molecule has 2 N–H and O–H groups in total. The summed E-state index contributed by atoms with van der Waals surface area (Å²) in [5.74, 6) is 1.65. The van der Waals surface area contributed by atoms with Gasteiger partial charge in [0.2, 0.25) is 0 Å². The molecule has 2 aromatic heterocycles. The molecule has 0 aliphatic carbocycles. The number of aromatic amines is 2. The Kier molecular flexibility index (Phi) is 6.27. The van der Waals surface area contributed by atoms with Crippen molar-refractivity contribution in [1.29, 1.82) is 0 Å². The molecule has 3 aromatic rings. The van der Waals surface area contributed by atoms with Crippen molar-refractivity contribution in [3.8, 4) is 17.3 Å². The molecule has 7 heteroatoms. The summed E-state index contributed by atoms with van der Waals surface area (Å²) < 4.78 is 11.3. The number of aromatic nitrogens is 4. The zero-order valence-electron chi connectivity index (χ0n) is 17.2. The Bertz CT molecular complexity index is 969. The third-order valence-corrected chi connectivity index (χ3v) is 5.32. The second-order valence-electron chi connectivity index (χ2n) is 7.22. The van der Waals surface area contributed by atoms with Crippen LogP contribution in [0.25, 0.3) is 22.6 Å². The highest BCUT2D eigenvalue weighted by atomic mass is 16.5. The van der Waals surface area contributed by atoms with Crippen molar-refractivity contribution in [1.82, 2.24) is 25.1 Å². The summed E-state index contributed by atoms with van der Waals surface area (Å²) in [6, 6.07) is 6.00. The summed E-state index contributed by atoms with van der Waals surface area (Å²) in [5.41, 5.74) is 5.14. The molecule has 7 nitrogen and oxygen atoms in total. The number of ether oxygens (including phenoxy) is 2. The van der Waals surface area contributed by atoms with Crippen molar-refractivity contribution in [3.05, 3.63) is 41.6 Å². The van der Waals surface area contributed by atoms with Crippen LogP contribution >= 0.6 is 0 Å². The zero-order chi connectivity index (χ0) is 20.1. The predicted molar refractivity (Wildman–Crippen MR) is 114 cm³/mol. The molecule has 1 saturated heterocycles. The smallest absolute Gasteiger partial charge is 0.159 e. The van der Waals surface area contributed by atoms with Crippen LogP contribution in [0.2, 0.25) is 0 Å². The summed E-state index contributed by atoms with van der Waals surface area (Å²) in [4.78, 5) is 10.5. The Balaban J connectivity index is 1.47. The third kappa shape index (κ3) is 4.52. The maximum Gasteiger partial charge on any atom is 0.159 e. The number of fused-ring (bicyclic) bond motifs is 1. The average Bonchev–Trinajstić information content (AvgIpc) is 3.36. The molecule has 4 rings (SSSR count). The van der Waals surface area contributed by atoms with Crippen LogP contribution in [0.4, 0.5) is 0 Å². The van der Waals surface area contributed by atoms with Crippen LogP contribution in [-0.4, -0.2) is 64.5 Å². The number of imidazole rings is 1. The lowest BCUT2D eigenvalue weighted by Crippen LogP contribution is -2.38. The van der Waals surface area contributed by atoms with Gasteiger partial charge in [-0.25, -0.2) is 4.98 Å². The van der Waals surface area contributed by atoms with Crippen molar-refractivity contribution in [2.24, 2.45) is 0 Å². The number of nitrogens with one attached hydrogen (secondary N) is 2. The molecule has 0 radical (unpaired) electrons. The average molecular weight is 396 g/mol. The van der Waals surface area contributed by atoms with Gasteiger partial charge in [-0.05, 0) is 25.5 Å². The molecule has 29 heavy (non-hydrogen) atoms. The Morgan fingerprint density at radius 3 is 2.93 bits per heavy atom. The van der Waals surface area contributed by atoms with E-state index in [9.17, 15) is 0 Å². The highest BCUT2D eigenvalue weighted by Gasteiger charge is 2.16. The van der Waals surface area contributed by atoms with E-state index < -0.39 is 0 Å². The van der Waals surface area contributed by atoms with E-state index >= 15 is 0 Å². The van der Waals surface area contributed by atoms with Gasteiger partial charge in [0.25, 0.3) is 0 Å². The van der Waals surface area contributed by atoms with Crippen LogP contribution < -0.4 is 4.74 Å². The summed E-state index contributed by atoms with van der Waals surface area (Å²) in [7, 11) is 0. The number of hydrogen-bond donors (Lipinski definition) is 2. The quantitative estimate of drug-likeness (QED) is 0.572. The molecule has 1 fully saturated rings. The predicted octanol–water partition coefficient (Wildman–Crippen LogP) is 3.35. The molecule has 154 valence electrons. The zero-order valence-corrected chi connectivity index (χ0v) is 17.2. The minimum Gasteiger partial charge on any atom is -0.492 e. The van der Waals surface area contributed by atoms with Gasteiger partial charge in [-0.15, -0.1) is 0 Å². The molecule has 1 aliphatic rings. The number of nitrogens with zero attached hydrogens (tertiary/aromatic N) is 3. The molecular formula is C22H29N5O2. The number of morpholine rings is 1. The van der Waals surface area contributed by atoms with E-state index in [4.69, 9.17) is 14.5 Å². The summed E-state index contributed by atoms with van der Waals surface area (Å²) in [6.45, 7) is 9.34. The SMILES string of the molecule is C/C=C\Cc1[nH]nc(-c2nc3ccc(OCCN4CCOCC4)cc3[nH]2)c1CC. The van der Waals surface area contributed by atoms with Crippen LogP contribution in [0, 0.1) is 0 Å². The summed E-state index contributed by atoms with van der Waals surface area (Å²) >= 11 is 0. The van der Waals surface area contributed by atoms with E-state index in [2.05, 4.69) is 39.2 Å². The molecule has 0 atom stereocenters. The van der Waals surface area contributed by atoms with E-state index in [0.29, 0.717) is 6.61 Å². The molecule has 0 saturated carbocycles. The molecule has 1 aliphatic heterocycles. The maximum atomic E-state index is 5.97. The Hall–Kier alpha value is -2.64. The van der Waals surface area contributed by atoms with Gasteiger partial charge < -0.3 is 14.5 Å². The van der Waals surface area contributed by atoms with Crippen molar-refractivity contribution in [3.63, 3.8) is 0 Å². The standard InChI is InChI=1S/C22H29N5O2/c1-3-5-6-18-17(4-2)21(26-25-18)22-23-19-8-7-16(15-20(19)24-22)29-14-11-27-9-12-28-13-10-27/h3,5,7-8,15H,4,6,9-14H2,1-2H3,(H,23,24)(H,25,26)/b5-3-. The van der Waals surface area contributed by atoms with Crippen molar-refractivity contribution < 1.29 is 9.47 Å². The van der Waals surface area contributed by atoms with E-state index in [0.717, 1.165) is 79.7 Å². The van der Waals surface area contributed by atoms with Gasteiger partial charge in [0.05, 0.1) is 24.2 Å². The van der Waals surface area contributed by atoms with Gasteiger partial charge in [0, 0.05) is 43.4 Å². The molecule has 0 amide bonds. The van der Waals surface area contributed by atoms with E-state index in [1.807, 2.05) is 25.1 Å². The normalized spacial score (nSPS) is 15.5. The van der Waals surface area contributed by atoms with E-state index in [1.165, 1.54) is 5.56 Å².